The number of fused-ring (bicyclic) bond motifs is 1. The number of carbonyl (C=O) groups excluding carboxylic acids is 1. The van der Waals surface area contributed by atoms with Crippen LogP contribution in [0.15, 0.2) is 24.3 Å². The molecule has 0 aromatic heterocycles. The summed E-state index contributed by atoms with van der Waals surface area (Å²) in [4.78, 5) is 14.6. The van der Waals surface area contributed by atoms with Gasteiger partial charge in [0, 0.05) is 31.2 Å². The van der Waals surface area contributed by atoms with Gasteiger partial charge in [-0.15, -0.1) is 0 Å². The van der Waals surface area contributed by atoms with E-state index < -0.39 is 0 Å². The summed E-state index contributed by atoms with van der Waals surface area (Å²) in [5.74, 6) is 1.34. The van der Waals surface area contributed by atoms with Crippen LogP contribution in [0.25, 0.3) is 6.08 Å². The van der Waals surface area contributed by atoms with Gasteiger partial charge in [0.25, 0.3) is 0 Å². The van der Waals surface area contributed by atoms with Crippen LogP contribution in [-0.4, -0.2) is 55.0 Å². The van der Waals surface area contributed by atoms with Crippen molar-refractivity contribution in [1.82, 2.24) is 10.2 Å². The lowest BCUT2D eigenvalue weighted by atomic mass is 10.00. The molecule has 2 heterocycles. The molecule has 142 valence electrons. The van der Waals surface area contributed by atoms with Gasteiger partial charge in [0.1, 0.15) is 0 Å². The van der Waals surface area contributed by atoms with Crippen molar-refractivity contribution in [2.24, 2.45) is 0 Å². The van der Waals surface area contributed by atoms with Crippen LogP contribution in [0.5, 0.6) is 11.5 Å². The maximum absolute atomic E-state index is 12.2. The molecular weight excluding hydrogens is 332 g/mol. The number of amides is 1. The number of rotatable bonds is 5. The second-order valence-electron chi connectivity index (χ2n) is 7.64. The first kappa shape index (κ1) is 18.7. The fourth-order valence-electron chi connectivity index (χ4n) is 3.34. The fourth-order valence-corrected chi connectivity index (χ4v) is 3.34. The molecule has 0 unspecified atom stereocenters. The number of hydrogen-bond donors (Lipinski definition) is 1. The second kappa shape index (κ2) is 7.68. The van der Waals surface area contributed by atoms with Crippen molar-refractivity contribution in [3.05, 3.63) is 29.8 Å². The van der Waals surface area contributed by atoms with Crippen molar-refractivity contribution >= 4 is 12.0 Å². The Morgan fingerprint density at radius 2 is 1.92 bits per heavy atom. The minimum absolute atomic E-state index is 0.106. The van der Waals surface area contributed by atoms with Gasteiger partial charge >= 0.3 is 0 Å². The van der Waals surface area contributed by atoms with E-state index in [1.807, 2.05) is 18.2 Å². The lowest BCUT2D eigenvalue weighted by Crippen LogP contribution is -2.58. The van der Waals surface area contributed by atoms with E-state index in [0.717, 1.165) is 24.4 Å². The van der Waals surface area contributed by atoms with Crippen LogP contribution in [0.4, 0.5) is 0 Å². The third-order valence-corrected chi connectivity index (χ3v) is 4.79. The molecule has 1 aromatic carbocycles. The third kappa shape index (κ3) is 4.56. The summed E-state index contributed by atoms with van der Waals surface area (Å²) >= 11 is 0. The van der Waals surface area contributed by atoms with Gasteiger partial charge in [0.15, 0.2) is 11.5 Å². The molecule has 2 aliphatic rings. The molecule has 1 N–H and O–H groups in total. The quantitative estimate of drug-likeness (QED) is 0.818. The van der Waals surface area contributed by atoms with Crippen molar-refractivity contribution in [2.75, 3.05) is 26.4 Å². The molecule has 0 bridgehead atoms. The SMILES string of the molecule is C[C@@H]1CN(C(C)(C)CNC(=O)/C=C\c2ccc3c(c2)OCO3)C[C@@H](C)O1. The van der Waals surface area contributed by atoms with E-state index >= 15 is 0 Å². The average Bonchev–Trinajstić information content (AvgIpc) is 3.05. The molecule has 1 fully saturated rings. The predicted molar refractivity (Wildman–Crippen MR) is 100 cm³/mol. The van der Waals surface area contributed by atoms with Crippen molar-refractivity contribution in [1.29, 1.82) is 0 Å². The van der Waals surface area contributed by atoms with Gasteiger partial charge in [-0.1, -0.05) is 6.07 Å². The fraction of sp³-hybridized carbons (Fsp3) is 0.550. The number of nitrogens with one attached hydrogen (secondary N) is 1. The molecule has 2 atom stereocenters. The standard InChI is InChI=1S/C20H28N2O4/c1-14-10-22(11-15(2)26-14)20(3,4)12-21-19(23)8-6-16-5-7-17-18(9-16)25-13-24-17/h5-9,14-15H,10-13H2,1-4H3,(H,21,23)/b8-6-/t14-,15-/m1/s1. The lowest BCUT2D eigenvalue weighted by molar-refractivity contribution is -0.118. The van der Waals surface area contributed by atoms with Gasteiger partial charge < -0.3 is 19.5 Å². The highest BCUT2D eigenvalue weighted by Crippen LogP contribution is 2.32. The molecule has 0 saturated carbocycles. The highest BCUT2D eigenvalue weighted by Gasteiger charge is 2.33. The van der Waals surface area contributed by atoms with Crippen LogP contribution in [0.3, 0.4) is 0 Å². The number of hydrogen-bond acceptors (Lipinski definition) is 5. The van der Waals surface area contributed by atoms with Gasteiger partial charge in [0.05, 0.1) is 12.2 Å². The molecule has 26 heavy (non-hydrogen) atoms. The zero-order valence-corrected chi connectivity index (χ0v) is 16.0. The molecule has 0 aliphatic carbocycles. The van der Waals surface area contributed by atoms with Gasteiger partial charge in [-0.2, -0.15) is 0 Å². The lowest BCUT2D eigenvalue weighted by Gasteiger charge is -2.45. The molecule has 1 amide bonds. The molecule has 0 radical (unpaired) electrons. The predicted octanol–water partition coefficient (Wildman–Crippen LogP) is 2.43. The van der Waals surface area contributed by atoms with Gasteiger partial charge in [0.2, 0.25) is 12.7 Å². The summed E-state index contributed by atoms with van der Waals surface area (Å²) in [5, 5.41) is 3.01. The smallest absolute Gasteiger partial charge is 0.244 e. The van der Waals surface area contributed by atoms with E-state index in [1.54, 1.807) is 12.2 Å². The van der Waals surface area contributed by atoms with Crippen molar-refractivity contribution in [3.8, 4) is 11.5 Å². The Morgan fingerprint density at radius 3 is 2.65 bits per heavy atom. The Morgan fingerprint density at radius 1 is 1.23 bits per heavy atom. The van der Waals surface area contributed by atoms with Crippen molar-refractivity contribution in [3.63, 3.8) is 0 Å². The van der Waals surface area contributed by atoms with E-state index in [1.165, 1.54) is 0 Å². The van der Waals surface area contributed by atoms with Crippen molar-refractivity contribution in [2.45, 2.75) is 45.4 Å². The van der Waals surface area contributed by atoms with E-state index in [-0.39, 0.29) is 30.4 Å². The van der Waals surface area contributed by atoms with Crippen LogP contribution in [0.1, 0.15) is 33.3 Å². The van der Waals surface area contributed by atoms with E-state index in [2.05, 4.69) is 37.9 Å². The first-order chi connectivity index (χ1) is 12.3. The summed E-state index contributed by atoms with van der Waals surface area (Å²) < 4.78 is 16.4. The third-order valence-electron chi connectivity index (χ3n) is 4.79. The zero-order valence-electron chi connectivity index (χ0n) is 16.0. The average molecular weight is 360 g/mol. The minimum Gasteiger partial charge on any atom is -0.454 e. The Bertz CT molecular complexity index is 676. The summed E-state index contributed by atoms with van der Waals surface area (Å²) in [7, 11) is 0. The number of benzene rings is 1. The Kier molecular flexibility index (Phi) is 5.53. The normalized spacial score (nSPS) is 23.4. The number of nitrogens with zero attached hydrogens (tertiary/aromatic N) is 1. The Hall–Kier alpha value is -2.05. The van der Waals surface area contributed by atoms with E-state index in [4.69, 9.17) is 14.2 Å². The highest BCUT2D eigenvalue weighted by molar-refractivity contribution is 5.91. The summed E-state index contributed by atoms with van der Waals surface area (Å²) in [5.41, 5.74) is 0.772. The van der Waals surface area contributed by atoms with Crippen LogP contribution >= 0.6 is 0 Å². The van der Waals surface area contributed by atoms with Crippen LogP contribution in [0, 0.1) is 0 Å². The van der Waals surface area contributed by atoms with Crippen molar-refractivity contribution < 1.29 is 19.0 Å². The van der Waals surface area contributed by atoms with Crippen LogP contribution in [-0.2, 0) is 9.53 Å². The van der Waals surface area contributed by atoms with E-state index in [0.29, 0.717) is 12.3 Å². The van der Waals surface area contributed by atoms with Crippen LogP contribution < -0.4 is 14.8 Å². The van der Waals surface area contributed by atoms with Gasteiger partial charge in [-0.25, -0.2) is 0 Å². The van der Waals surface area contributed by atoms with Gasteiger partial charge in [-0.05, 0) is 51.5 Å². The molecule has 6 heteroatoms. The topological polar surface area (TPSA) is 60.0 Å². The second-order valence-corrected chi connectivity index (χ2v) is 7.64. The maximum atomic E-state index is 12.2. The Balaban J connectivity index is 1.53. The largest absolute Gasteiger partial charge is 0.454 e. The zero-order chi connectivity index (χ0) is 18.7. The van der Waals surface area contributed by atoms with Crippen LogP contribution in [0.2, 0.25) is 0 Å². The molecule has 1 aromatic rings. The summed E-state index contributed by atoms with van der Waals surface area (Å²) in [6.45, 7) is 11.1. The minimum atomic E-state index is -0.130. The molecule has 0 spiro atoms. The first-order valence-corrected chi connectivity index (χ1v) is 9.09. The molecule has 3 rings (SSSR count). The summed E-state index contributed by atoms with van der Waals surface area (Å²) in [6, 6.07) is 5.62. The molecule has 1 saturated heterocycles. The maximum Gasteiger partial charge on any atom is 0.244 e. The number of carbonyl (C=O) groups is 1. The number of morpholine rings is 1. The monoisotopic (exact) mass is 360 g/mol. The molecular formula is C20H28N2O4. The molecule has 2 aliphatic heterocycles. The van der Waals surface area contributed by atoms with E-state index in [9.17, 15) is 4.79 Å². The first-order valence-electron chi connectivity index (χ1n) is 9.09. The summed E-state index contributed by atoms with van der Waals surface area (Å²) in [6.07, 6.45) is 3.75. The Labute approximate surface area is 155 Å². The number of ether oxygens (including phenoxy) is 3. The van der Waals surface area contributed by atoms with Gasteiger partial charge in [-0.3, -0.25) is 9.69 Å². The molecule has 6 nitrogen and oxygen atoms in total. The highest BCUT2D eigenvalue weighted by atomic mass is 16.7.